The highest BCUT2D eigenvalue weighted by atomic mass is 32.2. The molecular weight excluding hydrogens is 262 g/mol. The summed E-state index contributed by atoms with van der Waals surface area (Å²) in [6, 6.07) is 0.309. The molecule has 0 saturated heterocycles. The summed E-state index contributed by atoms with van der Waals surface area (Å²) in [4.78, 5) is 10.7. The second-order valence-electron chi connectivity index (χ2n) is 5.12. The van der Waals surface area contributed by atoms with Crippen LogP contribution >= 0.6 is 11.8 Å². The van der Waals surface area contributed by atoms with Gasteiger partial charge in [0, 0.05) is 12.5 Å². The van der Waals surface area contributed by atoms with Gasteiger partial charge in [-0.25, -0.2) is 0 Å². The molecule has 1 N–H and O–H groups in total. The van der Waals surface area contributed by atoms with Crippen molar-refractivity contribution >= 4 is 17.7 Å². The molecule has 1 rings (SSSR count). The molecule has 108 valence electrons. The Kier molecular flexibility index (Phi) is 6.34. The summed E-state index contributed by atoms with van der Waals surface area (Å²) >= 11 is 1.24. The minimum atomic E-state index is -0.826. The SMILES string of the molecule is CCc1nnc(SCC(=O)O)n1C(C)CCC(C)C. The van der Waals surface area contributed by atoms with Crippen LogP contribution < -0.4 is 0 Å². The number of aliphatic carboxylic acids is 1. The predicted octanol–water partition coefficient (Wildman–Crippen LogP) is 3.01. The third kappa shape index (κ3) is 4.86. The van der Waals surface area contributed by atoms with Crippen LogP contribution in [-0.4, -0.2) is 31.6 Å². The highest BCUT2D eigenvalue weighted by Crippen LogP contribution is 2.25. The van der Waals surface area contributed by atoms with Gasteiger partial charge in [0.15, 0.2) is 5.16 Å². The number of hydrogen-bond donors (Lipinski definition) is 1. The maximum absolute atomic E-state index is 10.7. The summed E-state index contributed by atoms with van der Waals surface area (Å²) in [7, 11) is 0. The molecule has 1 atom stereocenters. The average Bonchev–Trinajstić information content (AvgIpc) is 2.76. The highest BCUT2D eigenvalue weighted by Gasteiger charge is 2.17. The van der Waals surface area contributed by atoms with Gasteiger partial charge in [0.25, 0.3) is 0 Å². The normalized spacial score (nSPS) is 12.9. The molecule has 0 spiro atoms. The second kappa shape index (κ2) is 7.53. The van der Waals surface area contributed by atoms with Crippen molar-refractivity contribution in [2.45, 2.75) is 58.2 Å². The van der Waals surface area contributed by atoms with Crippen LogP contribution in [0.3, 0.4) is 0 Å². The van der Waals surface area contributed by atoms with Crippen LogP contribution in [-0.2, 0) is 11.2 Å². The molecule has 5 nitrogen and oxygen atoms in total. The number of carboxylic acids is 1. The van der Waals surface area contributed by atoms with Gasteiger partial charge in [-0.2, -0.15) is 0 Å². The van der Waals surface area contributed by atoms with Crippen LogP contribution in [0.25, 0.3) is 0 Å². The fraction of sp³-hybridized carbons (Fsp3) is 0.769. The predicted molar refractivity (Wildman–Crippen MR) is 76.5 cm³/mol. The van der Waals surface area contributed by atoms with E-state index in [1.165, 1.54) is 11.8 Å². The molecule has 1 aromatic rings. The van der Waals surface area contributed by atoms with Gasteiger partial charge in [-0.05, 0) is 25.7 Å². The van der Waals surface area contributed by atoms with E-state index in [1.807, 2.05) is 6.92 Å². The summed E-state index contributed by atoms with van der Waals surface area (Å²) in [5, 5.41) is 17.8. The molecule has 1 aromatic heterocycles. The molecule has 0 radical (unpaired) electrons. The van der Waals surface area contributed by atoms with E-state index in [2.05, 4.69) is 35.5 Å². The minimum Gasteiger partial charge on any atom is -0.481 e. The van der Waals surface area contributed by atoms with Crippen LogP contribution in [0, 0.1) is 5.92 Å². The zero-order valence-corrected chi connectivity index (χ0v) is 12.9. The lowest BCUT2D eigenvalue weighted by atomic mass is 10.0. The van der Waals surface area contributed by atoms with E-state index >= 15 is 0 Å². The van der Waals surface area contributed by atoms with Crippen molar-refractivity contribution in [1.82, 2.24) is 14.8 Å². The molecule has 0 aromatic carbocycles. The first-order valence-corrected chi connectivity index (χ1v) is 7.72. The monoisotopic (exact) mass is 285 g/mol. The third-order valence-corrected chi connectivity index (χ3v) is 3.91. The van der Waals surface area contributed by atoms with Crippen molar-refractivity contribution in [3.8, 4) is 0 Å². The zero-order chi connectivity index (χ0) is 14.4. The quantitative estimate of drug-likeness (QED) is 0.744. The van der Waals surface area contributed by atoms with Crippen molar-refractivity contribution in [3.63, 3.8) is 0 Å². The van der Waals surface area contributed by atoms with Gasteiger partial charge in [0.2, 0.25) is 0 Å². The van der Waals surface area contributed by atoms with E-state index < -0.39 is 5.97 Å². The number of aromatic nitrogens is 3. The number of carbonyl (C=O) groups is 1. The van der Waals surface area contributed by atoms with Crippen molar-refractivity contribution < 1.29 is 9.90 Å². The molecule has 19 heavy (non-hydrogen) atoms. The lowest BCUT2D eigenvalue weighted by Gasteiger charge is -2.18. The second-order valence-corrected chi connectivity index (χ2v) is 6.07. The molecule has 0 bridgehead atoms. The summed E-state index contributed by atoms with van der Waals surface area (Å²) in [6.45, 7) is 8.61. The minimum absolute atomic E-state index is 0.0265. The number of hydrogen-bond acceptors (Lipinski definition) is 4. The fourth-order valence-electron chi connectivity index (χ4n) is 1.92. The topological polar surface area (TPSA) is 68.0 Å². The maximum atomic E-state index is 10.7. The molecule has 0 amide bonds. The largest absolute Gasteiger partial charge is 0.481 e. The van der Waals surface area contributed by atoms with Gasteiger partial charge in [-0.3, -0.25) is 4.79 Å². The molecule has 0 aliphatic rings. The van der Waals surface area contributed by atoms with E-state index in [9.17, 15) is 4.79 Å². The average molecular weight is 285 g/mol. The van der Waals surface area contributed by atoms with Crippen molar-refractivity contribution in [2.24, 2.45) is 5.92 Å². The van der Waals surface area contributed by atoms with Gasteiger partial charge in [-0.1, -0.05) is 32.5 Å². The number of aryl methyl sites for hydroxylation is 1. The Morgan fingerprint density at radius 2 is 2.00 bits per heavy atom. The Labute approximate surface area is 118 Å². The van der Waals surface area contributed by atoms with E-state index in [0.717, 1.165) is 30.2 Å². The molecule has 1 unspecified atom stereocenters. The van der Waals surface area contributed by atoms with Crippen LogP contribution in [0.5, 0.6) is 0 Å². The van der Waals surface area contributed by atoms with Crippen molar-refractivity contribution in [1.29, 1.82) is 0 Å². The van der Waals surface area contributed by atoms with Crippen molar-refractivity contribution in [3.05, 3.63) is 5.82 Å². The van der Waals surface area contributed by atoms with Gasteiger partial charge < -0.3 is 9.67 Å². The van der Waals surface area contributed by atoms with Crippen LogP contribution in [0.2, 0.25) is 0 Å². The maximum Gasteiger partial charge on any atom is 0.313 e. The Morgan fingerprint density at radius 3 is 2.53 bits per heavy atom. The Bertz CT molecular complexity index is 418. The van der Waals surface area contributed by atoms with E-state index in [4.69, 9.17) is 5.11 Å². The van der Waals surface area contributed by atoms with Crippen molar-refractivity contribution in [2.75, 3.05) is 5.75 Å². The standard InChI is InChI=1S/C13H23N3O2S/c1-5-11-14-15-13(19-8-12(17)18)16(11)10(4)7-6-9(2)3/h9-10H,5-8H2,1-4H3,(H,17,18). The lowest BCUT2D eigenvalue weighted by Crippen LogP contribution is -2.12. The molecule has 1 heterocycles. The Morgan fingerprint density at radius 1 is 1.32 bits per heavy atom. The van der Waals surface area contributed by atoms with E-state index in [-0.39, 0.29) is 5.75 Å². The van der Waals surface area contributed by atoms with Gasteiger partial charge in [-0.15, -0.1) is 10.2 Å². The molecule has 0 aliphatic carbocycles. The highest BCUT2D eigenvalue weighted by molar-refractivity contribution is 7.99. The van der Waals surface area contributed by atoms with E-state index in [1.54, 1.807) is 0 Å². The molecule has 0 saturated carbocycles. The number of rotatable bonds is 8. The zero-order valence-electron chi connectivity index (χ0n) is 12.1. The van der Waals surface area contributed by atoms with Gasteiger partial charge >= 0.3 is 5.97 Å². The van der Waals surface area contributed by atoms with Crippen LogP contribution in [0.1, 0.15) is 52.4 Å². The van der Waals surface area contributed by atoms with Crippen LogP contribution in [0.15, 0.2) is 5.16 Å². The Hall–Kier alpha value is -1.04. The number of carboxylic acid groups (broad SMARTS) is 1. The summed E-state index contributed by atoms with van der Waals surface area (Å²) in [5.41, 5.74) is 0. The first kappa shape index (κ1) is 16.0. The first-order chi connectivity index (χ1) is 8.95. The van der Waals surface area contributed by atoms with Gasteiger partial charge in [0.05, 0.1) is 5.75 Å². The molecule has 6 heteroatoms. The van der Waals surface area contributed by atoms with Crippen LogP contribution in [0.4, 0.5) is 0 Å². The summed E-state index contributed by atoms with van der Waals surface area (Å²) < 4.78 is 2.09. The lowest BCUT2D eigenvalue weighted by molar-refractivity contribution is -0.133. The number of thioether (sulfide) groups is 1. The molecular formula is C13H23N3O2S. The molecule has 0 fully saturated rings. The number of nitrogens with zero attached hydrogens (tertiary/aromatic N) is 3. The summed E-state index contributed by atoms with van der Waals surface area (Å²) in [5.74, 6) is 0.800. The molecule has 0 aliphatic heterocycles. The van der Waals surface area contributed by atoms with Gasteiger partial charge in [0.1, 0.15) is 5.82 Å². The summed E-state index contributed by atoms with van der Waals surface area (Å²) in [6.07, 6.45) is 3.02. The first-order valence-electron chi connectivity index (χ1n) is 6.74. The fourth-order valence-corrected chi connectivity index (χ4v) is 2.70. The smallest absolute Gasteiger partial charge is 0.313 e. The third-order valence-electron chi connectivity index (χ3n) is 2.98. The van der Waals surface area contributed by atoms with E-state index in [0.29, 0.717) is 12.0 Å². The Balaban J connectivity index is 2.82.